The summed E-state index contributed by atoms with van der Waals surface area (Å²) >= 11 is 0. The molecule has 3 N–H and O–H groups in total. The molecule has 0 aromatic heterocycles. The van der Waals surface area contributed by atoms with Crippen molar-refractivity contribution in [1.82, 2.24) is 10.6 Å². The summed E-state index contributed by atoms with van der Waals surface area (Å²) in [5.41, 5.74) is 1.89. The Morgan fingerprint density at radius 1 is 1.38 bits per heavy atom. The van der Waals surface area contributed by atoms with Gasteiger partial charge in [-0.25, -0.2) is 9.18 Å². The Labute approximate surface area is 125 Å². The Bertz CT molecular complexity index is 464. The van der Waals surface area contributed by atoms with Gasteiger partial charge in [0.1, 0.15) is 5.82 Å². The fourth-order valence-electron chi connectivity index (χ4n) is 2.24. The van der Waals surface area contributed by atoms with Crippen LogP contribution in [0, 0.1) is 18.7 Å². The third kappa shape index (κ3) is 6.58. The minimum atomic E-state index is -0.283. The molecule has 118 valence electrons. The highest BCUT2D eigenvalue weighted by Gasteiger charge is 2.12. The Morgan fingerprint density at radius 2 is 2.10 bits per heavy atom. The quantitative estimate of drug-likeness (QED) is 0.723. The molecule has 1 aromatic rings. The smallest absolute Gasteiger partial charge is 0.315 e. The maximum Gasteiger partial charge on any atom is 0.315 e. The highest BCUT2D eigenvalue weighted by Crippen LogP contribution is 2.10. The Kier molecular flexibility index (Phi) is 7.15. The fourth-order valence-corrected chi connectivity index (χ4v) is 2.24. The largest absolute Gasteiger partial charge is 0.394 e. The Hall–Kier alpha value is -1.62. The van der Waals surface area contributed by atoms with Crippen LogP contribution in [0.15, 0.2) is 18.2 Å². The lowest BCUT2D eigenvalue weighted by Crippen LogP contribution is -2.44. The number of rotatable bonds is 7. The van der Waals surface area contributed by atoms with Crippen molar-refractivity contribution < 1.29 is 14.3 Å². The molecule has 1 atom stereocenters. The fraction of sp³-hybridized carbons (Fsp3) is 0.562. The van der Waals surface area contributed by atoms with E-state index in [-0.39, 0.29) is 24.5 Å². The van der Waals surface area contributed by atoms with Crippen molar-refractivity contribution >= 4 is 6.03 Å². The van der Waals surface area contributed by atoms with Gasteiger partial charge >= 0.3 is 6.03 Å². The molecule has 0 aliphatic rings. The molecule has 0 aliphatic heterocycles. The summed E-state index contributed by atoms with van der Waals surface area (Å²) in [6, 6.07) is 4.14. The van der Waals surface area contributed by atoms with Crippen LogP contribution in [0.2, 0.25) is 0 Å². The van der Waals surface area contributed by atoms with Crippen LogP contribution in [-0.2, 0) is 6.42 Å². The van der Waals surface area contributed by atoms with Gasteiger partial charge in [-0.3, -0.25) is 0 Å². The molecule has 0 heterocycles. The van der Waals surface area contributed by atoms with Crippen LogP contribution in [0.3, 0.4) is 0 Å². The molecule has 0 saturated carbocycles. The van der Waals surface area contributed by atoms with Crippen molar-refractivity contribution in [3.63, 3.8) is 0 Å². The van der Waals surface area contributed by atoms with Gasteiger partial charge in [-0.15, -0.1) is 0 Å². The van der Waals surface area contributed by atoms with E-state index in [1.165, 1.54) is 12.1 Å². The Balaban J connectivity index is 2.36. The number of amides is 2. The van der Waals surface area contributed by atoms with Crippen LogP contribution in [0.5, 0.6) is 0 Å². The second-order valence-corrected chi connectivity index (χ2v) is 5.73. The normalized spacial score (nSPS) is 12.3. The third-order valence-electron chi connectivity index (χ3n) is 3.30. The minimum absolute atomic E-state index is 0.0668. The summed E-state index contributed by atoms with van der Waals surface area (Å²) in [5.74, 6) is 0.158. The first kappa shape index (κ1) is 17.4. The standard InChI is InChI=1S/C16H25FN2O2/c1-11(2)8-15(10-20)19-16(21)18-7-6-13-4-5-14(17)9-12(13)3/h4-5,9,11,15,20H,6-8,10H2,1-3H3,(H2,18,19,21). The zero-order chi connectivity index (χ0) is 15.8. The molecule has 1 unspecified atom stereocenters. The maximum atomic E-state index is 13.0. The summed E-state index contributed by atoms with van der Waals surface area (Å²) in [7, 11) is 0. The first-order valence-electron chi connectivity index (χ1n) is 7.32. The van der Waals surface area contributed by atoms with Crippen molar-refractivity contribution in [2.45, 2.75) is 39.7 Å². The molecule has 4 nitrogen and oxygen atoms in total. The van der Waals surface area contributed by atoms with Crippen LogP contribution in [0.4, 0.5) is 9.18 Å². The van der Waals surface area contributed by atoms with Crippen molar-refractivity contribution in [2.75, 3.05) is 13.2 Å². The number of nitrogens with one attached hydrogen (secondary N) is 2. The topological polar surface area (TPSA) is 61.4 Å². The van der Waals surface area contributed by atoms with E-state index < -0.39 is 0 Å². The van der Waals surface area contributed by atoms with E-state index in [1.54, 1.807) is 6.07 Å². The summed E-state index contributed by atoms with van der Waals surface area (Å²) in [5, 5.41) is 14.7. The number of benzene rings is 1. The number of aliphatic hydroxyl groups excluding tert-OH is 1. The summed E-state index contributed by atoms with van der Waals surface area (Å²) < 4.78 is 13.0. The zero-order valence-electron chi connectivity index (χ0n) is 12.9. The van der Waals surface area contributed by atoms with Gasteiger partial charge in [0.05, 0.1) is 12.6 Å². The molecule has 0 saturated heterocycles. The average Bonchev–Trinajstić information content (AvgIpc) is 2.40. The number of hydrogen-bond acceptors (Lipinski definition) is 2. The third-order valence-corrected chi connectivity index (χ3v) is 3.30. The van der Waals surface area contributed by atoms with Crippen LogP contribution in [0.1, 0.15) is 31.4 Å². The van der Waals surface area contributed by atoms with Gasteiger partial charge < -0.3 is 15.7 Å². The predicted octanol–water partition coefficient (Wildman–Crippen LogP) is 2.38. The lowest BCUT2D eigenvalue weighted by Gasteiger charge is -2.18. The highest BCUT2D eigenvalue weighted by molar-refractivity contribution is 5.74. The van der Waals surface area contributed by atoms with Crippen LogP contribution in [0.25, 0.3) is 0 Å². The molecule has 0 fully saturated rings. The molecule has 2 amide bonds. The van der Waals surface area contributed by atoms with E-state index in [2.05, 4.69) is 10.6 Å². The lowest BCUT2D eigenvalue weighted by atomic mass is 10.0. The van der Waals surface area contributed by atoms with Gasteiger partial charge in [0.2, 0.25) is 0 Å². The minimum Gasteiger partial charge on any atom is -0.394 e. The molecule has 1 rings (SSSR count). The van der Waals surface area contributed by atoms with Crippen LogP contribution in [-0.4, -0.2) is 30.3 Å². The van der Waals surface area contributed by atoms with E-state index in [4.69, 9.17) is 0 Å². The second kappa shape index (κ2) is 8.62. The van der Waals surface area contributed by atoms with Crippen molar-refractivity contribution in [3.8, 4) is 0 Å². The predicted molar refractivity (Wildman–Crippen MR) is 81.7 cm³/mol. The number of urea groups is 1. The highest BCUT2D eigenvalue weighted by atomic mass is 19.1. The zero-order valence-corrected chi connectivity index (χ0v) is 12.9. The first-order valence-corrected chi connectivity index (χ1v) is 7.32. The van der Waals surface area contributed by atoms with Gasteiger partial charge in [0, 0.05) is 6.54 Å². The van der Waals surface area contributed by atoms with Gasteiger partial charge in [-0.1, -0.05) is 19.9 Å². The number of carbonyl (C=O) groups is 1. The van der Waals surface area contributed by atoms with Crippen LogP contribution >= 0.6 is 0 Å². The van der Waals surface area contributed by atoms with Gasteiger partial charge in [0.25, 0.3) is 0 Å². The molecule has 21 heavy (non-hydrogen) atoms. The van der Waals surface area contributed by atoms with Gasteiger partial charge in [-0.05, 0) is 48.9 Å². The summed E-state index contributed by atoms with van der Waals surface area (Å²) in [6.07, 6.45) is 1.38. The summed E-state index contributed by atoms with van der Waals surface area (Å²) in [6.45, 7) is 6.34. The SMILES string of the molecule is Cc1cc(F)ccc1CCNC(=O)NC(CO)CC(C)C. The molecular weight excluding hydrogens is 271 g/mol. The van der Waals surface area contributed by atoms with Crippen molar-refractivity contribution in [1.29, 1.82) is 0 Å². The lowest BCUT2D eigenvalue weighted by molar-refractivity contribution is 0.207. The van der Waals surface area contributed by atoms with E-state index in [0.717, 1.165) is 17.5 Å². The molecule has 5 heteroatoms. The second-order valence-electron chi connectivity index (χ2n) is 5.73. The van der Waals surface area contributed by atoms with E-state index in [0.29, 0.717) is 18.9 Å². The van der Waals surface area contributed by atoms with Crippen LogP contribution < -0.4 is 10.6 Å². The van der Waals surface area contributed by atoms with E-state index >= 15 is 0 Å². The van der Waals surface area contributed by atoms with Gasteiger partial charge in [-0.2, -0.15) is 0 Å². The molecule has 1 aromatic carbocycles. The Morgan fingerprint density at radius 3 is 2.67 bits per heavy atom. The molecular formula is C16H25FN2O2. The maximum absolute atomic E-state index is 13.0. The number of halogens is 1. The molecule has 0 aliphatic carbocycles. The molecule has 0 bridgehead atoms. The van der Waals surface area contributed by atoms with E-state index in [9.17, 15) is 14.3 Å². The number of aryl methyl sites for hydroxylation is 1. The first-order chi connectivity index (χ1) is 9.92. The monoisotopic (exact) mass is 296 g/mol. The average molecular weight is 296 g/mol. The van der Waals surface area contributed by atoms with Crippen molar-refractivity contribution in [2.24, 2.45) is 5.92 Å². The summed E-state index contributed by atoms with van der Waals surface area (Å²) in [4.78, 5) is 11.7. The number of aliphatic hydroxyl groups is 1. The molecule has 0 spiro atoms. The van der Waals surface area contributed by atoms with Gasteiger partial charge in [0.15, 0.2) is 0 Å². The molecule has 0 radical (unpaired) electrons. The van der Waals surface area contributed by atoms with Crippen molar-refractivity contribution in [3.05, 3.63) is 35.1 Å². The number of carbonyl (C=O) groups excluding carboxylic acids is 1. The van der Waals surface area contributed by atoms with E-state index in [1.807, 2.05) is 20.8 Å². The number of hydrogen-bond donors (Lipinski definition) is 3.